The number of methoxy groups -OCH3 is 1. The van der Waals surface area contributed by atoms with Crippen molar-refractivity contribution < 1.29 is 14.3 Å². The van der Waals surface area contributed by atoms with E-state index in [4.69, 9.17) is 0 Å². The number of ether oxygens (including phenoxy) is 1. The minimum atomic E-state index is -0.553. The molecule has 0 bridgehead atoms. The highest BCUT2D eigenvalue weighted by atomic mass is 32.1. The van der Waals surface area contributed by atoms with Gasteiger partial charge < -0.3 is 10.1 Å². The summed E-state index contributed by atoms with van der Waals surface area (Å²) in [5.74, 6) is -0.640. The number of anilines is 1. The first-order chi connectivity index (χ1) is 13.1. The lowest BCUT2D eigenvalue weighted by Gasteiger charge is -1.98. The van der Waals surface area contributed by atoms with Gasteiger partial charge in [0.2, 0.25) is 0 Å². The molecule has 0 saturated heterocycles. The van der Waals surface area contributed by atoms with Crippen molar-refractivity contribution in [1.82, 2.24) is 24.6 Å². The highest BCUT2D eigenvalue weighted by Crippen LogP contribution is 2.23. The Morgan fingerprint density at radius 2 is 1.93 bits per heavy atom. The van der Waals surface area contributed by atoms with Crippen molar-refractivity contribution in [3.8, 4) is 10.6 Å². The van der Waals surface area contributed by atoms with Gasteiger partial charge in [-0.2, -0.15) is 5.10 Å². The van der Waals surface area contributed by atoms with Crippen LogP contribution in [0.2, 0.25) is 0 Å². The Balaban J connectivity index is 1.54. The number of nitrogens with one attached hydrogen (secondary N) is 1. The first-order valence-electron chi connectivity index (χ1n) is 7.76. The maximum atomic E-state index is 12.4. The zero-order valence-corrected chi connectivity index (χ0v) is 14.8. The number of esters is 1. The van der Waals surface area contributed by atoms with Crippen LogP contribution in [0.5, 0.6) is 0 Å². The number of aromatic nitrogens is 5. The first kappa shape index (κ1) is 16.8. The number of fused-ring (bicyclic) bond motifs is 1. The highest BCUT2D eigenvalue weighted by Gasteiger charge is 2.15. The first-order valence-corrected chi connectivity index (χ1v) is 8.64. The summed E-state index contributed by atoms with van der Waals surface area (Å²) in [4.78, 5) is 36.5. The van der Waals surface area contributed by atoms with Crippen LogP contribution in [-0.4, -0.2) is 43.6 Å². The number of rotatable bonds is 4. The predicted octanol–water partition coefficient (Wildman–Crippen LogP) is 2.29. The van der Waals surface area contributed by atoms with E-state index in [9.17, 15) is 9.59 Å². The summed E-state index contributed by atoms with van der Waals surface area (Å²) in [6.07, 6.45) is 4.85. The molecular weight excluding hydrogens is 368 g/mol. The van der Waals surface area contributed by atoms with Crippen LogP contribution < -0.4 is 5.32 Å². The average molecular weight is 380 g/mol. The third kappa shape index (κ3) is 3.37. The fraction of sp³-hybridized carbons (Fsp3) is 0.0588. The second-order valence-electron chi connectivity index (χ2n) is 5.37. The van der Waals surface area contributed by atoms with Gasteiger partial charge in [-0.1, -0.05) is 0 Å². The molecule has 0 fully saturated rings. The summed E-state index contributed by atoms with van der Waals surface area (Å²) in [6.45, 7) is 0. The lowest BCUT2D eigenvalue weighted by Crippen LogP contribution is -2.12. The predicted molar refractivity (Wildman–Crippen MR) is 97.6 cm³/mol. The van der Waals surface area contributed by atoms with Gasteiger partial charge in [0.25, 0.3) is 5.91 Å². The lowest BCUT2D eigenvalue weighted by molar-refractivity contribution is 0.0592. The molecule has 27 heavy (non-hydrogen) atoms. The number of amides is 1. The average Bonchev–Trinajstić information content (AvgIpc) is 3.34. The molecule has 4 heterocycles. The molecule has 0 aliphatic heterocycles. The number of imidazole rings is 1. The van der Waals surface area contributed by atoms with Gasteiger partial charge in [0.1, 0.15) is 10.7 Å². The van der Waals surface area contributed by atoms with Crippen LogP contribution in [0.25, 0.3) is 16.2 Å². The molecule has 4 rings (SSSR count). The molecule has 0 spiro atoms. The topological polar surface area (TPSA) is 111 Å². The van der Waals surface area contributed by atoms with E-state index in [0.717, 1.165) is 10.6 Å². The largest absolute Gasteiger partial charge is 0.464 e. The third-order valence-electron chi connectivity index (χ3n) is 3.62. The number of carbonyl (C=O) groups is 2. The standard InChI is InChI=1S/C17H12N6O3S/c1-26-17(25)11-2-3-14-20-13(8-23(14)22-11)21-15(24)12-9-27-16(19-12)10-4-6-18-7-5-10/h2-9H,1H3,(H,21,24). The van der Waals surface area contributed by atoms with Crippen molar-refractivity contribution in [2.75, 3.05) is 12.4 Å². The third-order valence-corrected chi connectivity index (χ3v) is 4.51. The van der Waals surface area contributed by atoms with Gasteiger partial charge in [0.05, 0.1) is 13.3 Å². The Labute approximate surface area is 156 Å². The molecule has 4 aromatic rings. The van der Waals surface area contributed by atoms with E-state index in [2.05, 4.69) is 30.1 Å². The molecule has 9 nitrogen and oxygen atoms in total. The van der Waals surface area contributed by atoms with Gasteiger partial charge in [-0.3, -0.25) is 9.78 Å². The van der Waals surface area contributed by atoms with Gasteiger partial charge in [0.15, 0.2) is 17.2 Å². The van der Waals surface area contributed by atoms with E-state index >= 15 is 0 Å². The molecule has 1 N–H and O–H groups in total. The molecule has 134 valence electrons. The monoisotopic (exact) mass is 380 g/mol. The van der Waals surface area contributed by atoms with E-state index in [1.54, 1.807) is 23.8 Å². The van der Waals surface area contributed by atoms with Crippen LogP contribution in [0, 0.1) is 0 Å². The number of hydrogen-bond donors (Lipinski definition) is 1. The Morgan fingerprint density at radius 1 is 1.11 bits per heavy atom. The van der Waals surface area contributed by atoms with Crippen LogP contribution in [0.1, 0.15) is 21.0 Å². The number of thiazole rings is 1. The quantitative estimate of drug-likeness (QED) is 0.541. The van der Waals surface area contributed by atoms with Gasteiger partial charge in [0, 0.05) is 23.3 Å². The van der Waals surface area contributed by atoms with E-state index in [1.807, 2.05) is 12.1 Å². The van der Waals surface area contributed by atoms with E-state index < -0.39 is 5.97 Å². The van der Waals surface area contributed by atoms with E-state index in [-0.39, 0.29) is 17.3 Å². The smallest absolute Gasteiger partial charge is 0.358 e. The number of carbonyl (C=O) groups excluding carboxylic acids is 2. The van der Waals surface area contributed by atoms with Gasteiger partial charge >= 0.3 is 5.97 Å². The van der Waals surface area contributed by atoms with Gasteiger partial charge in [-0.25, -0.2) is 19.3 Å². The maximum absolute atomic E-state index is 12.4. The van der Waals surface area contributed by atoms with Crippen LogP contribution in [0.4, 0.5) is 5.82 Å². The van der Waals surface area contributed by atoms with Crippen LogP contribution in [0.15, 0.2) is 48.2 Å². The zero-order chi connectivity index (χ0) is 18.8. The zero-order valence-electron chi connectivity index (χ0n) is 14.0. The molecule has 0 radical (unpaired) electrons. The summed E-state index contributed by atoms with van der Waals surface area (Å²) >= 11 is 1.37. The molecule has 1 amide bonds. The second kappa shape index (κ2) is 6.92. The van der Waals surface area contributed by atoms with Gasteiger partial charge in [-0.05, 0) is 24.3 Å². The maximum Gasteiger partial charge on any atom is 0.358 e. The molecule has 0 unspecified atom stereocenters. The fourth-order valence-corrected chi connectivity index (χ4v) is 3.15. The van der Waals surface area contributed by atoms with Crippen LogP contribution in [0.3, 0.4) is 0 Å². The summed E-state index contributed by atoms with van der Waals surface area (Å²) in [5, 5.41) is 9.18. The molecule has 0 aliphatic carbocycles. The molecule has 0 aromatic carbocycles. The Morgan fingerprint density at radius 3 is 2.70 bits per heavy atom. The van der Waals surface area contributed by atoms with Crippen molar-refractivity contribution in [2.24, 2.45) is 0 Å². The summed E-state index contributed by atoms with van der Waals surface area (Å²) in [7, 11) is 1.28. The Bertz CT molecular complexity index is 1140. The minimum Gasteiger partial charge on any atom is -0.464 e. The van der Waals surface area contributed by atoms with Crippen molar-refractivity contribution in [3.63, 3.8) is 0 Å². The minimum absolute atomic E-state index is 0.141. The highest BCUT2D eigenvalue weighted by molar-refractivity contribution is 7.13. The van der Waals surface area contributed by atoms with Crippen molar-refractivity contribution >= 4 is 34.7 Å². The SMILES string of the molecule is COC(=O)c1ccc2nc(NC(=O)c3csc(-c4ccncc4)n3)cn2n1. The second-order valence-corrected chi connectivity index (χ2v) is 6.23. The summed E-state index contributed by atoms with van der Waals surface area (Å²) in [6, 6.07) is 6.76. The number of nitrogens with zero attached hydrogens (tertiary/aromatic N) is 5. The van der Waals surface area contributed by atoms with Crippen molar-refractivity contribution in [3.05, 3.63) is 59.6 Å². The lowest BCUT2D eigenvalue weighted by atomic mass is 10.3. The molecular formula is C17H12N6O3S. The molecule has 0 aliphatic rings. The van der Waals surface area contributed by atoms with E-state index in [0.29, 0.717) is 11.5 Å². The molecule has 4 aromatic heterocycles. The normalized spacial score (nSPS) is 10.7. The molecule has 10 heteroatoms. The summed E-state index contributed by atoms with van der Waals surface area (Å²) in [5.41, 5.74) is 1.80. The number of hydrogen-bond acceptors (Lipinski definition) is 8. The molecule has 0 atom stereocenters. The van der Waals surface area contributed by atoms with Crippen LogP contribution >= 0.6 is 11.3 Å². The molecule has 0 saturated carbocycles. The van der Waals surface area contributed by atoms with Gasteiger partial charge in [-0.15, -0.1) is 11.3 Å². The fourth-order valence-electron chi connectivity index (χ4n) is 2.34. The van der Waals surface area contributed by atoms with E-state index in [1.165, 1.54) is 35.2 Å². The Kier molecular flexibility index (Phi) is 4.30. The summed E-state index contributed by atoms with van der Waals surface area (Å²) < 4.78 is 6.03. The van der Waals surface area contributed by atoms with Crippen molar-refractivity contribution in [2.45, 2.75) is 0 Å². The van der Waals surface area contributed by atoms with Crippen molar-refractivity contribution in [1.29, 1.82) is 0 Å². The Hall–Kier alpha value is -3.66. The van der Waals surface area contributed by atoms with Crippen LogP contribution in [-0.2, 0) is 4.74 Å². The number of pyridine rings is 1.